The number of imidazole rings is 2. The highest BCUT2D eigenvalue weighted by atomic mass is 16.5. The first-order chi connectivity index (χ1) is 29.7. The van der Waals surface area contributed by atoms with Gasteiger partial charge in [-0.3, -0.25) is 18.7 Å². The number of aromatic nitrogens is 8. The topological polar surface area (TPSA) is 284 Å². The van der Waals surface area contributed by atoms with Gasteiger partial charge in [0.1, 0.15) is 24.2 Å². The second kappa shape index (κ2) is 20.1. The van der Waals surface area contributed by atoms with Crippen LogP contribution in [0.5, 0.6) is 12.0 Å². The zero-order valence-electron chi connectivity index (χ0n) is 35.3. The normalized spacial score (nSPS) is 12.1. The highest BCUT2D eigenvalue weighted by Crippen LogP contribution is 2.21. The number of ether oxygens (including phenoxy) is 5. The van der Waals surface area contributed by atoms with Gasteiger partial charge in [0.05, 0.1) is 32.4 Å². The number of hydrogen-bond acceptors (Lipinski definition) is 15. The lowest BCUT2D eigenvalue weighted by Crippen LogP contribution is -2.44. The molecule has 21 heteroatoms. The summed E-state index contributed by atoms with van der Waals surface area (Å²) in [6.45, 7) is 7.99. The first-order valence-corrected chi connectivity index (χ1v) is 19.9. The number of hydrogen-bond donors (Lipinski definition) is 6. The second-order valence-corrected chi connectivity index (χ2v) is 15.1. The van der Waals surface area contributed by atoms with Crippen LogP contribution in [0.15, 0.2) is 58.1 Å². The first-order valence-electron chi connectivity index (χ1n) is 19.9. The van der Waals surface area contributed by atoms with Gasteiger partial charge in [-0.25, -0.2) is 9.59 Å². The van der Waals surface area contributed by atoms with Crippen molar-refractivity contribution >= 4 is 45.8 Å². The molecule has 6 rings (SSSR count). The van der Waals surface area contributed by atoms with E-state index < -0.39 is 16.9 Å². The largest absolute Gasteiger partial charge is 0.461 e. The monoisotopic (exact) mass is 856 g/mol. The minimum atomic E-state index is -0.583. The molecule has 1 atom stereocenters. The van der Waals surface area contributed by atoms with Crippen molar-refractivity contribution in [2.24, 2.45) is 0 Å². The van der Waals surface area contributed by atoms with Crippen LogP contribution >= 0.6 is 0 Å². The van der Waals surface area contributed by atoms with E-state index in [1.165, 1.54) is 9.13 Å². The highest BCUT2D eigenvalue weighted by Gasteiger charge is 2.22. The minimum absolute atomic E-state index is 0.0308. The molecule has 0 aliphatic rings. The average molecular weight is 857 g/mol. The van der Waals surface area contributed by atoms with Crippen LogP contribution < -0.4 is 43.0 Å². The van der Waals surface area contributed by atoms with Crippen LogP contribution in [0.3, 0.4) is 0 Å². The number of carbonyl (C=O) groups is 2. The maximum Gasteiger partial charge on any atom is 0.328 e. The molecule has 0 radical (unpaired) electrons. The lowest BCUT2D eigenvalue weighted by Gasteiger charge is -2.27. The Morgan fingerprint density at radius 1 is 0.710 bits per heavy atom. The molecule has 21 nitrogen and oxygen atoms in total. The lowest BCUT2D eigenvalue weighted by atomic mass is 10.00. The van der Waals surface area contributed by atoms with Crippen molar-refractivity contribution in [1.29, 1.82) is 0 Å². The number of anilines is 2. The van der Waals surface area contributed by atoms with Crippen LogP contribution in [-0.2, 0) is 27.3 Å². The van der Waals surface area contributed by atoms with Crippen LogP contribution in [-0.4, -0.2) is 116 Å². The van der Waals surface area contributed by atoms with Gasteiger partial charge >= 0.3 is 23.4 Å². The summed E-state index contributed by atoms with van der Waals surface area (Å²) in [4.78, 5) is 73.9. The molecule has 2 aromatic carbocycles. The van der Waals surface area contributed by atoms with Crippen LogP contribution in [0.25, 0.3) is 22.3 Å². The fourth-order valence-corrected chi connectivity index (χ4v) is 6.34. The van der Waals surface area contributed by atoms with E-state index in [0.717, 1.165) is 11.1 Å². The number of benzene rings is 2. The van der Waals surface area contributed by atoms with Gasteiger partial charge in [-0.15, -0.1) is 0 Å². The number of nitrogen functional groups attached to an aromatic ring is 2. The second-order valence-electron chi connectivity index (χ2n) is 15.1. The van der Waals surface area contributed by atoms with Gasteiger partial charge < -0.3 is 55.8 Å². The van der Waals surface area contributed by atoms with Crippen molar-refractivity contribution in [2.45, 2.75) is 58.3 Å². The number of rotatable bonds is 22. The summed E-state index contributed by atoms with van der Waals surface area (Å²) in [5, 5.41) is 5.99. The van der Waals surface area contributed by atoms with E-state index in [-0.39, 0.29) is 67.9 Å². The Labute approximate surface area is 355 Å². The summed E-state index contributed by atoms with van der Waals surface area (Å²) in [5.74, 6) is -0.324. The Bertz CT molecular complexity index is 2600. The molecule has 0 aliphatic carbocycles. The smallest absolute Gasteiger partial charge is 0.328 e. The Morgan fingerprint density at radius 3 is 1.65 bits per heavy atom. The summed E-state index contributed by atoms with van der Waals surface area (Å²) < 4.78 is 29.8. The van der Waals surface area contributed by atoms with Crippen molar-refractivity contribution in [2.75, 3.05) is 65.3 Å². The van der Waals surface area contributed by atoms with Crippen molar-refractivity contribution in [3.8, 4) is 12.0 Å². The van der Waals surface area contributed by atoms with E-state index in [1.807, 2.05) is 20.8 Å². The number of methoxy groups -OCH3 is 2. The third-order valence-corrected chi connectivity index (χ3v) is 9.83. The van der Waals surface area contributed by atoms with Crippen LogP contribution in [0.2, 0.25) is 0 Å². The maximum absolute atomic E-state index is 13.2. The van der Waals surface area contributed by atoms with Gasteiger partial charge in [0.25, 0.3) is 11.8 Å². The lowest BCUT2D eigenvalue weighted by molar-refractivity contribution is 0.0465. The van der Waals surface area contributed by atoms with Gasteiger partial charge in [-0.2, -0.15) is 19.9 Å². The van der Waals surface area contributed by atoms with Crippen LogP contribution in [0.4, 0.5) is 11.6 Å². The summed E-state index contributed by atoms with van der Waals surface area (Å²) in [7, 11) is 3.09. The molecule has 0 saturated heterocycles. The highest BCUT2D eigenvalue weighted by molar-refractivity contribution is 5.95. The van der Waals surface area contributed by atoms with E-state index in [1.54, 1.807) is 62.8 Å². The number of fused-ring (bicyclic) bond motifs is 2. The van der Waals surface area contributed by atoms with Crippen molar-refractivity contribution in [3.05, 3.63) is 91.8 Å². The molecular formula is C41H52N12O9. The van der Waals surface area contributed by atoms with E-state index in [4.69, 9.17) is 35.2 Å². The molecule has 0 aliphatic heterocycles. The molecule has 4 aromatic heterocycles. The Morgan fingerprint density at radius 2 is 1.18 bits per heavy atom. The zero-order chi connectivity index (χ0) is 44.4. The molecule has 8 N–H and O–H groups in total. The van der Waals surface area contributed by atoms with Gasteiger partial charge in [-0.05, 0) is 69.0 Å². The van der Waals surface area contributed by atoms with Crippen LogP contribution in [0.1, 0.15) is 65.5 Å². The molecule has 4 heterocycles. The SMILES string of the molecule is COCCOc1nc(N)c2[nH]c(=O)n(Cc3ccc(C(=O)NCCC(C)OCCC(C)(C)NC(=O)c4ccc(Cn5c(=O)[nH]c6c(N)nc(OCCOC)nc65)cc4)cc3)c2n1. The Kier molecular flexibility index (Phi) is 14.5. The maximum atomic E-state index is 13.2. The zero-order valence-corrected chi connectivity index (χ0v) is 35.3. The molecule has 0 spiro atoms. The molecule has 0 saturated carbocycles. The number of amides is 2. The van der Waals surface area contributed by atoms with Crippen LogP contribution in [0, 0.1) is 0 Å². The quantitative estimate of drug-likeness (QED) is 0.0533. The third-order valence-electron chi connectivity index (χ3n) is 9.83. The number of H-pyrrole nitrogens is 2. The summed E-state index contributed by atoms with van der Waals surface area (Å²) in [6, 6.07) is 13.9. The molecule has 0 fully saturated rings. The Balaban J connectivity index is 0.926. The first kappa shape index (κ1) is 44.7. The van der Waals surface area contributed by atoms with Gasteiger partial charge in [0, 0.05) is 44.0 Å². The number of aromatic amines is 2. The fraction of sp³-hybridized carbons (Fsp3) is 0.415. The van der Waals surface area contributed by atoms with Gasteiger partial charge in [0.15, 0.2) is 22.9 Å². The summed E-state index contributed by atoms with van der Waals surface area (Å²) in [5.41, 5.74) is 14.3. The predicted octanol–water partition coefficient (Wildman–Crippen LogP) is 1.99. The predicted molar refractivity (Wildman–Crippen MR) is 229 cm³/mol. The van der Waals surface area contributed by atoms with Gasteiger partial charge in [-0.1, -0.05) is 24.3 Å². The fourth-order valence-electron chi connectivity index (χ4n) is 6.34. The summed E-state index contributed by atoms with van der Waals surface area (Å²) in [6.07, 6.45) is 0.959. The molecule has 1 unspecified atom stereocenters. The van der Waals surface area contributed by atoms with Crippen molar-refractivity contribution in [3.63, 3.8) is 0 Å². The van der Waals surface area contributed by atoms with Crippen molar-refractivity contribution < 1.29 is 33.3 Å². The van der Waals surface area contributed by atoms with E-state index in [9.17, 15) is 19.2 Å². The molecule has 330 valence electrons. The van der Waals surface area contributed by atoms with E-state index >= 15 is 0 Å². The minimum Gasteiger partial charge on any atom is -0.461 e. The standard InChI is InChI=1S/C41H52N12O9/c1-24(14-16-44-35(54)27-10-6-25(7-11-27)22-52-33-29(45-39(52)56)31(42)47-37(49-33)61-20-18-58-4)60-17-15-41(2,3)51-36(55)28-12-8-26(9-13-28)23-53-34-30(46-40(53)57)32(43)48-38(50-34)62-21-19-59-5/h6-13,24H,14-23H2,1-5H3,(H,44,54)(H,45,56)(H,46,57)(H,51,55)(H2,42,47,49)(H2,43,48,50). The molecule has 2 amide bonds. The molecular weight excluding hydrogens is 805 g/mol. The number of carbonyl (C=O) groups excluding carboxylic acids is 2. The molecule has 0 bridgehead atoms. The van der Waals surface area contributed by atoms with Crippen molar-refractivity contribution in [1.82, 2.24) is 49.7 Å². The molecule has 6 aromatic rings. The molecule has 62 heavy (non-hydrogen) atoms. The number of nitrogens with zero attached hydrogens (tertiary/aromatic N) is 6. The third kappa shape index (κ3) is 11.3. The average Bonchev–Trinajstić information content (AvgIpc) is 3.72. The Hall–Kier alpha value is -6.84. The number of nitrogens with one attached hydrogen (secondary N) is 4. The number of nitrogens with two attached hydrogens (primary N) is 2. The summed E-state index contributed by atoms with van der Waals surface area (Å²) >= 11 is 0. The van der Waals surface area contributed by atoms with E-state index in [0.29, 0.717) is 72.7 Å². The van der Waals surface area contributed by atoms with E-state index in [2.05, 4.69) is 40.5 Å². The van der Waals surface area contributed by atoms with Gasteiger partial charge in [0.2, 0.25) is 0 Å².